The quantitative estimate of drug-likeness (QED) is 0.165. The van der Waals surface area contributed by atoms with E-state index in [9.17, 15) is 9.59 Å². The molecule has 32 heavy (non-hydrogen) atoms. The van der Waals surface area contributed by atoms with Crippen LogP contribution in [0.25, 0.3) is 11.1 Å². The van der Waals surface area contributed by atoms with Gasteiger partial charge in [0.1, 0.15) is 11.5 Å². The van der Waals surface area contributed by atoms with Crippen molar-refractivity contribution in [1.29, 1.82) is 0 Å². The van der Waals surface area contributed by atoms with E-state index in [1.165, 1.54) is 0 Å². The van der Waals surface area contributed by atoms with Gasteiger partial charge in [0.2, 0.25) is 0 Å². The molecule has 5 nitrogen and oxygen atoms in total. The normalized spacial score (nSPS) is 10.2. The predicted octanol–water partition coefficient (Wildman–Crippen LogP) is 5.85. The fourth-order valence-corrected chi connectivity index (χ4v) is 3.00. The minimum atomic E-state index is -0.418. The second kappa shape index (κ2) is 12.1. The summed E-state index contributed by atoms with van der Waals surface area (Å²) in [6, 6.07) is 24.3. The summed E-state index contributed by atoms with van der Waals surface area (Å²) in [5, 5.41) is 0. The van der Waals surface area contributed by atoms with Crippen LogP contribution < -0.4 is 9.47 Å². The molecule has 0 radical (unpaired) electrons. The Labute approximate surface area is 188 Å². The van der Waals surface area contributed by atoms with Crippen LogP contribution in [-0.2, 0) is 9.53 Å². The molecule has 0 spiro atoms. The summed E-state index contributed by atoms with van der Waals surface area (Å²) in [5.41, 5.74) is 2.62. The molecule has 0 aromatic heterocycles. The highest BCUT2D eigenvalue weighted by molar-refractivity contribution is 5.91. The van der Waals surface area contributed by atoms with Crippen LogP contribution in [0.3, 0.4) is 0 Å². The lowest BCUT2D eigenvalue weighted by Gasteiger charge is -2.08. The van der Waals surface area contributed by atoms with E-state index in [1.807, 2.05) is 42.5 Å². The van der Waals surface area contributed by atoms with E-state index < -0.39 is 11.9 Å². The molecule has 164 valence electrons. The molecule has 0 aliphatic rings. The fraction of sp³-hybridized carbons (Fsp3) is 0.185. The third-order valence-corrected chi connectivity index (χ3v) is 4.73. The number of ether oxygens (including phenoxy) is 3. The van der Waals surface area contributed by atoms with Gasteiger partial charge >= 0.3 is 11.9 Å². The maximum Gasteiger partial charge on any atom is 0.343 e. The maximum atomic E-state index is 12.4. The van der Waals surface area contributed by atoms with E-state index in [1.54, 1.807) is 36.4 Å². The van der Waals surface area contributed by atoms with E-state index in [-0.39, 0.29) is 0 Å². The largest absolute Gasteiger partial charge is 0.494 e. The number of rotatable bonds is 11. The van der Waals surface area contributed by atoms with Gasteiger partial charge in [0.05, 0.1) is 18.8 Å². The van der Waals surface area contributed by atoms with Gasteiger partial charge in [0, 0.05) is 6.08 Å². The van der Waals surface area contributed by atoms with E-state index in [0.717, 1.165) is 36.5 Å². The second-order valence-electron chi connectivity index (χ2n) is 7.09. The number of carbonyl (C=O) groups is 2. The van der Waals surface area contributed by atoms with E-state index in [2.05, 4.69) is 6.58 Å². The minimum absolute atomic E-state index is 0.386. The van der Waals surface area contributed by atoms with Crippen LogP contribution in [-0.4, -0.2) is 25.2 Å². The van der Waals surface area contributed by atoms with Crippen molar-refractivity contribution in [2.45, 2.75) is 19.3 Å². The van der Waals surface area contributed by atoms with Crippen LogP contribution in [0.2, 0.25) is 0 Å². The molecule has 0 N–H and O–H groups in total. The molecular formula is C27H26O5. The van der Waals surface area contributed by atoms with E-state index >= 15 is 0 Å². The lowest BCUT2D eigenvalue weighted by molar-refractivity contribution is -0.137. The molecule has 0 saturated heterocycles. The highest BCUT2D eigenvalue weighted by Gasteiger charge is 2.09. The molecule has 0 atom stereocenters. The van der Waals surface area contributed by atoms with Gasteiger partial charge in [-0.05, 0) is 66.8 Å². The van der Waals surface area contributed by atoms with Crippen LogP contribution in [0.5, 0.6) is 11.5 Å². The summed E-state index contributed by atoms with van der Waals surface area (Å²) < 4.78 is 16.1. The van der Waals surface area contributed by atoms with Crippen LogP contribution in [0.1, 0.15) is 29.6 Å². The van der Waals surface area contributed by atoms with Gasteiger partial charge in [-0.15, -0.1) is 0 Å². The van der Waals surface area contributed by atoms with Gasteiger partial charge in [0.25, 0.3) is 0 Å². The zero-order valence-electron chi connectivity index (χ0n) is 17.9. The number of hydrogen-bond donors (Lipinski definition) is 0. The zero-order valence-corrected chi connectivity index (χ0v) is 17.9. The summed E-state index contributed by atoms with van der Waals surface area (Å²) in [6.07, 6.45) is 3.66. The number of carbonyl (C=O) groups excluding carboxylic acids is 2. The first-order valence-corrected chi connectivity index (χ1v) is 10.6. The Morgan fingerprint density at radius 3 is 2.03 bits per heavy atom. The molecule has 0 saturated carbocycles. The summed E-state index contributed by atoms with van der Waals surface area (Å²) in [4.78, 5) is 23.3. The van der Waals surface area contributed by atoms with Crippen molar-refractivity contribution in [3.8, 4) is 22.6 Å². The second-order valence-corrected chi connectivity index (χ2v) is 7.09. The molecule has 0 fully saturated rings. The summed E-state index contributed by atoms with van der Waals surface area (Å²) in [7, 11) is 0. The predicted molar refractivity (Wildman–Crippen MR) is 124 cm³/mol. The first-order valence-electron chi connectivity index (χ1n) is 10.6. The molecule has 0 amide bonds. The Kier molecular flexibility index (Phi) is 8.63. The number of esters is 2. The molecule has 0 aliphatic heterocycles. The van der Waals surface area contributed by atoms with Crippen molar-refractivity contribution in [3.63, 3.8) is 0 Å². The topological polar surface area (TPSA) is 61.8 Å². The summed E-state index contributed by atoms with van der Waals surface area (Å²) in [6.45, 7) is 4.28. The van der Waals surface area contributed by atoms with E-state index in [4.69, 9.17) is 14.2 Å². The van der Waals surface area contributed by atoms with E-state index in [0.29, 0.717) is 30.3 Å². The smallest absolute Gasteiger partial charge is 0.343 e. The zero-order chi connectivity index (χ0) is 22.6. The van der Waals surface area contributed by atoms with Gasteiger partial charge in [-0.3, -0.25) is 0 Å². The van der Waals surface area contributed by atoms with Crippen LogP contribution in [0.15, 0.2) is 91.5 Å². The van der Waals surface area contributed by atoms with Gasteiger partial charge in [-0.1, -0.05) is 49.0 Å². The molecule has 3 rings (SSSR count). The van der Waals surface area contributed by atoms with Crippen molar-refractivity contribution in [3.05, 3.63) is 97.1 Å². The Morgan fingerprint density at radius 2 is 1.34 bits per heavy atom. The number of benzene rings is 3. The average molecular weight is 431 g/mol. The molecular weight excluding hydrogens is 404 g/mol. The Hall–Kier alpha value is -3.86. The van der Waals surface area contributed by atoms with Crippen molar-refractivity contribution in [1.82, 2.24) is 0 Å². The van der Waals surface area contributed by atoms with Crippen LogP contribution in [0, 0.1) is 0 Å². The first kappa shape index (κ1) is 22.8. The number of unbranched alkanes of at least 4 members (excludes halogenated alkanes) is 2. The van der Waals surface area contributed by atoms with Gasteiger partial charge in [-0.2, -0.15) is 0 Å². The monoisotopic (exact) mass is 430 g/mol. The lowest BCUT2D eigenvalue weighted by atomic mass is 10.1. The highest BCUT2D eigenvalue weighted by Crippen LogP contribution is 2.23. The van der Waals surface area contributed by atoms with Crippen molar-refractivity contribution in [2.75, 3.05) is 13.2 Å². The third kappa shape index (κ3) is 7.13. The Balaban J connectivity index is 1.41. The summed E-state index contributed by atoms with van der Waals surface area (Å²) >= 11 is 0. The minimum Gasteiger partial charge on any atom is -0.494 e. The molecule has 0 bridgehead atoms. The van der Waals surface area contributed by atoms with Crippen LogP contribution in [0.4, 0.5) is 0 Å². The molecule has 0 unspecified atom stereocenters. The van der Waals surface area contributed by atoms with Crippen LogP contribution >= 0.6 is 0 Å². The van der Waals surface area contributed by atoms with Crippen molar-refractivity contribution >= 4 is 11.9 Å². The Bertz CT molecular complexity index is 1010. The molecule has 3 aromatic carbocycles. The molecule has 5 heteroatoms. The van der Waals surface area contributed by atoms with Crippen molar-refractivity contribution in [2.24, 2.45) is 0 Å². The van der Waals surface area contributed by atoms with Gasteiger partial charge in [0.15, 0.2) is 0 Å². The Morgan fingerprint density at radius 1 is 0.719 bits per heavy atom. The maximum absolute atomic E-state index is 12.4. The van der Waals surface area contributed by atoms with Gasteiger partial charge in [-0.25, -0.2) is 9.59 Å². The van der Waals surface area contributed by atoms with Crippen molar-refractivity contribution < 1.29 is 23.8 Å². The first-order chi connectivity index (χ1) is 15.7. The standard InChI is InChI=1S/C27H26O5/c1-2-26(28)31-20-8-4-7-19-30-24-15-13-23(14-16-24)27(29)32-25-17-11-22(12-18-25)21-9-5-3-6-10-21/h2-3,5-6,9-18H,1,4,7-8,19-20H2. The lowest BCUT2D eigenvalue weighted by Crippen LogP contribution is -2.08. The number of hydrogen-bond acceptors (Lipinski definition) is 5. The van der Waals surface area contributed by atoms with Gasteiger partial charge < -0.3 is 14.2 Å². The summed E-state index contributed by atoms with van der Waals surface area (Å²) in [5.74, 6) is 0.364. The molecule has 0 heterocycles. The fourth-order valence-electron chi connectivity index (χ4n) is 3.00. The SMILES string of the molecule is C=CC(=O)OCCCCCOc1ccc(C(=O)Oc2ccc(-c3ccccc3)cc2)cc1. The third-order valence-electron chi connectivity index (χ3n) is 4.73. The average Bonchev–Trinajstić information content (AvgIpc) is 2.84. The molecule has 3 aromatic rings. The highest BCUT2D eigenvalue weighted by atomic mass is 16.5. The molecule has 0 aliphatic carbocycles.